The maximum absolute atomic E-state index is 11.1. The van der Waals surface area contributed by atoms with Gasteiger partial charge in [0, 0.05) is 34.6 Å². The quantitative estimate of drug-likeness (QED) is 0.573. The van der Waals surface area contributed by atoms with Crippen molar-refractivity contribution in [2.24, 2.45) is 0 Å². The lowest BCUT2D eigenvalue weighted by molar-refractivity contribution is 0.322. The van der Waals surface area contributed by atoms with Crippen molar-refractivity contribution < 1.29 is 17.4 Å². The summed E-state index contributed by atoms with van der Waals surface area (Å²) in [5, 5.41) is 0.265. The van der Waals surface area contributed by atoms with E-state index in [0.29, 0.717) is 0 Å². The highest BCUT2D eigenvalue weighted by Gasteiger charge is 2.23. The van der Waals surface area contributed by atoms with E-state index in [9.17, 15) is 4.57 Å². The Bertz CT molecular complexity index is 169. The van der Waals surface area contributed by atoms with Crippen LogP contribution in [0, 0.1) is 0 Å². The van der Waals surface area contributed by atoms with Crippen molar-refractivity contribution in [1.82, 2.24) is 0 Å². The summed E-state index contributed by atoms with van der Waals surface area (Å²) in [6.45, 7) is 7.45. The third-order valence-corrected chi connectivity index (χ3v) is 3.62. The molecule has 0 heterocycles. The molecule has 0 amide bonds. The second-order valence-electron chi connectivity index (χ2n) is 2.91. The number of hydrogen-bond acceptors (Lipinski definition) is 5. The van der Waals surface area contributed by atoms with Crippen LogP contribution in [0.3, 0.4) is 0 Å². The van der Waals surface area contributed by atoms with E-state index < -0.39 is 7.82 Å². The van der Waals surface area contributed by atoms with Crippen molar-refractivity contribution in [3.63, 3.8) is 0 Å². The Morgan fingerprint density at radius 1 is 1.08 bits per heavy atom. The molecule has 0 aliphatic heterocycles. The zero-order valence-corrected chi connectivity index (χ0v) is 10.6. The van der Waals surface area contributed by atoms with Gasteiger partial charge in [-0.25, -0.2) is 12.5 Å². The van der Waals surface area contributed by atoms with Crippen molar-refractivity contribution in [2.75, 3.05) is 0 Å². The maximum Gasteiger partial charge on any atom is 0.494 e. The van der Waals surface area contributed by atoms with E-state index in [2.05, 4.69) is 7.94 Å². The topological polar surface area (TPSA) is 55.8 Å². The van der Waals surface area contributed by atoms with E-state index >= 15 is 0 Å². The highest BCUT2D eigenvalue weighted by Crippen LogP contribution is 2.51. The lowest BCUT2D eigenvalue weighted by Gasteiger charge is -2.11. The summed E-state index contributed by atoms with van der Waals surface area (Å²) in [5.74, 6) is 0. The second-order valence-corrected chi connectivity index (χ2v) is 7.31. The molecule has 7 heteroatoms. The van der Waals surface area contributed by atoms with E-state index in [1.807, 2.05) is 27.7 Å². The standard InChI is InChI=1S/C6H15O4PS2/c1-5(2)12-9-11(7,8)10-13-6(3)4/h5-6H,1-4H3,(H,7,8). The summed E-state index contributed by atoms with van der Waals surface area (Å²) in [6, 6.07) is 0. The summed E-state index contributed by atoms with van der Waals surface area (Å²) >= 11 is 1.88. The third kappa shape index (κ3) is 9.12. The van der Waals surface area contributed by atoms with Gasteiger partial charge in [-0.05, 0) is 0 Å². The Morgan fingerprint density at radius 3 is 1.62 bits per heavy atom. The van der Waals surface area contributed by atoms with E-state index in [1.54, 1.807) is 0 Å². The van der Waals surface area contributed by atoms with Crippen LogP contribution in [0.4, 0.5) is 0 Å². The zero-order valence-electron chi connectivity index (χ0n) is 8.09. The van der Waals surface area contributed by atoms with Gasteiger partial charge in [0.05, 0.1) is 0 Å². The van der Waals surface area contributed by atoms with Crippen LogP contribution < -0.4 is 0 Å². The van der Waals surface area contributed by atoms with Gasteiger partial charge in [-0.3, -0.25) is 0 Å². The first-order valence-electron chi connectivity index (χ1n) is 3.86. The number of hydrogen-bond donors (Lipinski definition) is 1. The van der Waals surface area contributed by atoms with E-state index in [4.69, 9.17) is 4.89 Å². The molecular formula is C6H15O4PS2. The zero-order chi connectivity index (χ0) is 10.5. The second kappa shape index (κ2) is 6.32. The van der Waals surface area contributed by atoms with Crippen molar-refractivity contribution in [3.8, 4) is 0 Å². The normalized spacial score (nSPS) is 12.8. The van der Waals surface area contributed by atoms with E-state index in [0.717, 1.165) is 24.1 Å². The highest BCUT2D eigenvalue weighted by atomic mass is 32.2. The SMILES string of the molecule is CC(C)SOP(=O)(O)OSC(C)C. The predicted octanol–water partition coefficient (Wildman–Crippen LogP) is 3.23. The molecule has 0 spiro atoms. The van der Waals surface area contributed by atoms with Crippen molar-refractivity contribution >= 4 is 31.9 Å². The summed E-state index contributed by atoms with van der Waals surface area (Å²) in [6.07, 6.45) is 0. The van der Waals surface area contributed by atoms with E-state index in [-0.39, 0.29) is 10.5 Å². The Hall–Kier alpha value is 0.810. The lowest BCUT2D eigenvalue weighted by Crippen LogP contribution is -1.92. The molecule has 0 unspecified atom stereocenters. The minimum Gasteiger partial charge on any atom is -0.301 e. The van der Waals surface area contributed by atoms with Gasteiger partial charge in [0.15, 0.2) is 0 Å². The van der Waals surface area contributed by atoms with Crippen LogP contribution in [0.2, 0.25) is 0 Å². The van der Waals surface area contributed by atoms with Crippen LogP contribution in [0.5, 0.6) is 0 Å². The predicted molar refractivity (Wildman–Crippen MR) is 57.4 cm³/mol. The molecular weight excluding hydrogens is 231 g/mol. The van der Waals surface area contributed by atoms with E-state index in [1.165, 1.54) is 0 Å². The van der Waals surface area contributed by atoms with Crippen LogP contribution in [0.25, 0.3) is 0 Å². The molecule has 0 aromatic heterocycles. The van der Waals surface area contributed by atoms with Gasteiger partial charge in [0.2, 0.25) is 0 Å². The fraction of sp³-hybridized carbons (Fsp3) is 1.00. The minimum atomic E-state index is -3.87. The Labute approximate surface area is 87.8 Å². The average molecular weight is 246 g/mol. The fourth-order valence-corrected chi connectivity index (χ4v) is 2.86. The van der Waals surface area contributed by atoms with Crippen LogP contribution in [0.15, 0.2) is 0 Å². The molecule has 0 aliphatic carbocycles. The molecule has 0 aromatic rings. The fourth-order valence-electron chi connectivity index (χ4n) is 0.293. The smallest absolute Gasteiger partial charge is 0.301 e. The number of phosphoric acid groups is 1. The molecule has 0 atom stereocenters. The molecule has 0 rings (SSSR count). The molecule has 0 fully saturated rings. The summed E-state index contributed by atoms with van der Waals surface area (Å²) in [4.78, 5) is 9.08. The first-order chi connectivity index (χ1) is 5.83. The summed E-state index contributed by atoms with van der Waals surface area (Å²) in [7, 11) is -3.87. The molecule has 0 aliphatic rings. The lowest BCUT2D eigenvalue weighted by atomic mass is 10.6. The Morgan fingerprint density at radius 2 is 1.38 bits per heavy atom. The van der Waals surface area contributed by atoms with Gasteiger partial charge in [-0.2, -0.15) is 0 Å². The molecule has 13 heavy (non-hydrogen) atoms. The molecule has 0 radical (unpaired) electrons. The van der Waals surface area contributed by atoms with Gasteiger partial charge in [0.25, 0.3) is 0 Å². The van der Waals surface area contributed by atoms with Crippen LogP contribution in [0.1, 0.15) is 27.7 Å². The molecule has 1 N–H and O–H groups in total. The molecule has 0 saturated heterocycles. The maximum atomic E-state index is 11.1. The van der Waals surface area contributed by atoms with Crippen LogP contribution in [-0.4, -0.2) is 15.4 Å². The molecule has 80 valence electrons. The summed E-state index contributed by atoms with van der Waals surface area (Å²) < 4.78 is 20.3. The molecule has 0 saturated carbocycles. The van der Waals surface area contributed by atoms with Gasteiger partial charge >= 0.3 is 7.82 Å². The Balaban J connectivity index is 3.74. The monoisotopic (exact) mass is 246 g/mol. The first kappa shape index (κ1) is 13.8. The van der Waals surface area contributed by atoms with Crippen molar-refractivity contribution in [3.05, 3.63) is 0 Å². The van der Waals surface area contributed by atoms with Crippen LogP contribution in [-0.2, 0) is 12.5 Å². The minimum absolute atomic E-state index is 0.133. The van der Waals surface area contributed by atoms with Gasteiger partial charge in [-0.15, -0.1) is 0 Å². The molecule has 0 bridgehead atoms. The summed E-state index contributed by atoms with van der Waals surface area (Å²) in [5.41, 5.74) is 0. The third-order valence-electron chi connectivity index (χ3n) is 0.659. The average Bonchev–Trinajstić information content (AvgIpc) is 1.98. The first-order valence-corrected chi connectivity index (χ1v) is 6.97. The Kier molecular flexibility index (Phi) is 6.72. The van der Waals surface area contributed by atoms with Gasteiger partial charge in [-0.1, -0.05) is 27.7 Å². The van der Waals surface area contributed by atoms with Crippen molar-refractivity contribution in [2.45, 2.75) is 38.2 Å². The molecule has 4 nitrogen and oxygen atoms in total. The van der Waals surface area contributed by atoms with Crippen molar-refractivity contribution in [1.29, 1.82) is 0 Å². The number of rotatable bonds is 6. The van der Waals surface area contributed by atoms with Crippen LogP contribution >= 0.6 is 31.9 Å². The van der Waals surface area contributed by atoms with Gasteiger partial charge < -0.3 is 4.89 Å². The highest BCUT2D eigenvalue weighted by molar-refractivity contribution is 8.01. The largest absolute Gasteiger partial charge is 0.494 e. The van der Waals surface area contributed by atoms with Gasteiger partial charge in [0.1, 0.15) is 0 Å². The molecule has 0 aromatic carbocycles.